The van der Waals surface area contributed by atoms with Gasteiger partial charge in [0.1, 0.15) is 5.69 Å². The summed E-state index contributed by atoms with van der Waals surface area (Å²) in [6.45, 7) is 0. The van der Waals surface area contributed by atoms with Crippen molar-refractivity contribution in [2.75, 3.05) is 10.9 Å². The van der Waals surface area contributed by atoms with Crippen LogP contribution in [0.4, 0.5) is 22.7 Å². The monoisotopic (exact) mass is 274 g/mol. The third kappa shape index (κ3) is 2.99. The summed E-state index contributed by atoms with van der Waals surface area (Å²) in [7, 11) is 0. The van der Waals surface area contributed by atoms with Gasteiger partial charge >= 0.3 is 5.69 Å². The van der Waals surface area contributed by atoms with Crippen LogP contribution in [0.25, 0.3) is 0 Å². The quantitative estimate of drug-likeness (QED) is 0.640. The fourth-order valence-corrected chi connectivity index (χ4v) is 1.55. The first-order valence-corrected chi connectivity index (χ1v) is 5.58. The van der Waals surface area contributed by atoms with Gasteiger partial charge in [-0.25, -0.2) is 0 Å². The summed E-state index contributed by atoms with van der Waals surface area (Å²) in [6, 6.07) is 12.4. The molecule has 0 aromatic heterocycles. The molecular formula is C12H10N4O4. The van der Waals surface area contributed by atoms with E-state index < -0.39 is 9.85 Å². The van der Waals surface area contributed by atoms with E-state index in [1.165, 1.54) is 12.1 Å². The number of hydrogen-bond donors (Lipinski definition) is 2. The second-order valence-electron chi connectivity index (χ2n) is 3.83. The Morgan fingerprint density at radius 2 is 1.55 bits per heavy atom. The molecule has 0 unspecified atom stereocenters. The van der Waals surface area contributed by atoms with Gasteiger partial charge in [-0.2, -0.15) is 0 Å². The zero-order valence-corrected chi connectivity index (χ0v) is 10.1. The van der Waals surface area contributed by atoms with Crippen molar-refractivity contribution < 1.29 is 9.85 Å². The first-order valence-electron chi connectivity index (χ1n) is 5.58. The van der Waals surface area contributed by atoms with Crippen LogP contribution in [0.1, 0.15) is 0 Å². The Labute approximate surface area is 113 Å². The molecule has 0 fully saturated rings. The van der Waals surface area contributed by atoms with E-state index in [0.29, 0.717) is 5.69 Å². The lowest BCUT2D eigenvalue weighted by atomic mass is 10.2. The summed E-state index contributed by atoms with van der Waals surface area (Å²) in [4.78, 5) is 20.2. The minimum atomic E-state index is -0.679. The van der Waals surface area contributed by atoms with Gasteiger partial charge in [-0.3, -0.25) is 25.7 Å². The Morgan fingerprint density at radius 3 is 2.15 bits per heavy atom. The summed E-state index contributed by atoms with van der Waals surface area (Å²) in [5.74, 6) is 0. The Bertz CT molecular complexity index is 645. The molecule has 2 N–H and O–H groups in total. The van der Waals surface area contributed by atoms with Crippen molar-refractivity contribution in [1.29, 1.82) is 0 Å². The van der Waals surface area contributed by atoms with E-state index in [2.05, 4.69) is 10.9 Å². The molecule has 0 amide bonds. The molecule has 2 rings (SSSR count). The molecule has 0 aliphatic rings. The summed E-state index contributed by atoms with van der Waals surface area (Å²) >= 11 is 0. The fourth-order valence-electron chi connectivity index (χ4n) is 1.55. The number of nitrogens with zero attached hydrogens (tertiary/aromatic N) is 2. The normalized spacial score (nSPS) is 9.80. The molecule has 8 nitrogen and oxygen atoms in total. The maximum absolute atomic E-state index is 10.9. The molecule has 102 valence electrons. The minimum Gasteiger partial charge on any atom is -0.301 e. The summed E-state index contributed by atoms with van der Waals surface area (Å²) in [5, 5.41) is 21.5. The van der Waals surface area contributed by atoms with Gasteiger partial charge in [0.05, 0.1) is 21.6 Å². The average Bonchev–Trinajstić information content (AvgIpc) is 2.45. The highest BCUT2D eigenvalue weighted by atomic mass is 16.6. The second kappa shape index (κ2) is 5.65. The number of anilines is 2. The van der Waals surface area contributed by atoms with Crippen molar-refractivity contribution >= 4 is 22.7 Å². The lowest BCUT2D eigenvalue weighted by Crippen LogP contribution is -2.10. The van der Waals surface area contributed by atoms with Gasteiger partial charge in [-0.15, -0.1) is 0 Å². The van der Waals surface area contributed by atoms with E-state index in [9.17, 15) is 20.2 Å². The third-order valence-electron chi connectivity index (χ3n) is 2.50. The Kier molecular flexibility index (Phi) is 3.75. The standard InChI is InChI=1S/C12H10N4O4/c17-15(18)10-6-7-11(12(8-10)16(19)20)14-13-9-4-2-1-3-5-9/h1-8,13-14H. The average molecular weight is 274 g/mol. The maximum atomic E-state index is 10.9. The molecule has 0 heterocycles. The highest BCUT2D eigenvalue weighted by Gasteiger charge is 2.19. The first-order chi connectivity index (χ1) is 9.58. The molecule has 20 heavy (non-hydrogen) atoms. The number of nitrogens with one attached hydrogen (secondary N) is 2. The number of para-hydroxylation sites is 1. The van der Waals surface area contributed by atoms with Crippen LogP contribution >= 0.6 is 0 Å². The lowest BCUT2D eigenvalue weighted by Gasteiger charge is -2.09. The number of nitro groups is 2. The van der Waals surface area contributed by atoms with Crippen LogP contribution in [0, 0.1) is 20.2 Å². The van der Waals surface area contributed by atoms with Crippen LogP contribution < -0.4 is 10.9 Å². The third-order valence-corrected chi connectivity index (χ3v) is 2.50. The van der Waals surface area contributed by atoms with E-state index in [-0.39, 0.29) is 17.1 Å². The number of rotatable bonds is 5. The van der Waals surface area contributed by atoms with E-state index >= 15 is 0 Å². The molecule has 0 spiro atoms. The van der Waals surface area contributed by atoms with Crippen molar-refractivity contribution in [3.05, 3.63) is 68.8 Å². The minimum absolute atomic E-state index is 0.143. The van der Waals surface area contributed by atoms with Crippen molar-refractivity contribution in [2.45, 2.75) is 0 Å². The Balaban J connectivity index is 2.23. The Morgan fingerprint density at radius 1 is 0.850 bits per heavy atom. The Hall–Kier alpha value is -3.16. The van der Waals surface area contributed by atoms with Gasteiger partial charge in [-0.1, -0.05) is 18.2 Å². The number of benzene rings is 2. The predicted octanol–water partition coefficient (Wildman–Crippen LogP) is 2.94. The molecule has 0 aliphatic carbocycles. The van der Waals surface area contributed by atoms with E-state index in [4.69, 9.17) is 0 Å². The first kappa shape index (κ1) is 13.3. The van der Waals surface area contributed by atoms with Gasteiger partial charge in [0.15, 0.2) is 0 Å². The van der Waals surface area contributed by atoms with Crippen molar-refractivity contribution in [3.63, 3.8) is 0 Å². The highest BCUT2D eigenvalue weighted by Crippen LogP contribution is 2.28. The number of hydrazine groups is 1. The SMILES string of the molecule is O=[N+]([O-])c1ccc(NNc2ccccc2)c([N+](=O)[O-])c1. The van der Waals surface area contributed by atoms with Crippen LogP contribution in [0.3, 0.4) is 0 Å². The predicted molar refractivity (Wildman–Crippen MR) is 73.4 cm³/mol. The molecule has 0 atom stereocenters. The molecule has 0 radical (unpaired) electrons. The van der Waals surface area contributed by atoms with Gasteiger partial charge < -0.3 is 5.43 Å². The summed E-state index contributed by atoms with van der Waals surface area (Å²) < 4.78 is 0. The topological polar surface area (TPSA) is 110 Å². The van der Waals surface area contributed by atoms with E-state index in [1.807, 2.05) is 6.07 Å². The zero-order valence-electron chi connectivity index (χ0n) is 10.1. The number of nitro benzene ring substituents is 2. The molecular weight excluding hydrogens is 264 g/mol. The molecule has 2 aromatic rings. The van der Waals surface area contributed by atoms with Crippen molar-refractivity contribution in [1.82, 2.24) is 0 Å². The van der Waals surface area contributed by atoms with Gasteiger partial charge in [0.2, 0.25) is 0 Å². The lowest BCUT2D eigenvalue weighted by molar-refractivity contribution is -0.393. The van der Waals surface area contributed by atoms with Crippen LogP contribution in [0.5, 0.6) is 0 Å². The van der Waals surface area contributed by atoms with E-state index in [0.717, 1.165) is 6.07 Å². The largest absolute Gasteiger partial charge is 0.301 e. The molecule has 0 saturated carbocycles. The highest BCUT2D eigenvalue weighted by molar-refractivity contribution is 5.67. The smallest absolute Gasteiger partial charge is 0.300 e. The van der Waals surface area contributed by atoms with Crippen LogP contribution in [-0.4, -0.2) is 9.85 Å². The zero-order chi connectivity index (χ0) is 14.5. The maximum Gasteiger partial charge on any atom is 0.300 e. The molecule has 0 bridgehead atoms. The molecule has 2 aromatic carbocycles. The van der Waals surface area contributed by atoms with Gasteiger partial charge in [-0.05, 0) is 18.2 Å². The van der Waals surface area contributed by atoms with Crippen LogP contribution in [-0.2, 0) is 0 Å². The fraction of sp³-hybridized carbons (Fsp3) is 0. The van der Waals surface area contributed by atoms with Crippen molar-refractivity contribution in [2.24, 2.45) is 0 Å². The molecule has 8 heteroatoms. The molecule has 0 saturated heterocycles. The van der Waals surface area contributed by atoms with Gasteiger partial charge in [0, 0.05) is 6.07 Å². The van der Waals surface area contributed by atoms with Gasteiger partial charge in [0.25, 0.3) is 5.69 Å². The second-order valence-corrected chi connectivity index (χ2v) is 3.83. The number of non-ortho nitro benzene ring substituents is 1. The summed E-state index contributed by atoms with van der Waals surface area (Å²) in [6.07, 6.45) is 0. The van der Waals surface area contributed by atoms with Crippen molar-refractivity contribution in [3.8, 4) is 0 Å². The van der Waals surface area contributed by atoms with Crippen LogP contribution in [0.15, 0.2) is 48.5 Å². The van der Waals surface area contributed by atoms with E-state index in [1.54, 1.807) is 24.3 Å². The number of hydrogen-bond acceptors (Lipinski definition) is 6. The van der Waals surface area contributed by atoms with Crippen LogP contribution in [0.2, 0.25) is 0 Å². The summed E-state index contributed by atoms with van der Waals surface area (Å²) in [5.41, 5.74) is 5.59. The molecule has 0 aliphatic heterocycles.